The van der Waals surface area contributed by atoms with Crippen molar-refractivity contribution in [2.75, 3.05) is 13.7 Å². The van der Waals surface area contributed by atoms with Crippen LogP contribution in [0.2, 0.25) is 0 Å². The lowest BCUT2D eigenvalue weighted by molar-refractivity contribution is -0.139. The first-order valence-electron chi connectivity index (χ1n) is 9.30. The number of carbonyl (C=O) groups is 1. The molecule has 0 bridgehead atoms. The molecule has 29 heavy (non-hydrogen) atoms. The third kappa shape index (κ3) is 4.09. The van der Waals surface area contributed by atoms with E-state index < -0.39 is 5.97 Å². The fourth-order valence-corrected chi connectivity index (χ4v) is 3.46. The molecular formula is C24H21NO4. The third-order valence-electron chi connectivity index (χ3n) is 4.78. The lowest BCUT2D eigenvalue weighted by Crippen LogP contribution is -2.09. The summed E-state index contributed by atoms with van der Waals surface area (Å²) < 4.78 is 13.0. The van der Waals surface area contributed by atoms with Gasteiger partial charge in [0.25, 0.3) is 0 Å². The number of nitrogens with zero attached hydrogens (tertiary/aromatic N) is 1. The highest BCUT2D eigenvalue weighted by atomic mass is 16.5. The summed E-state index contributed by atoms with van der Waals surface area (Å²) >= 11 is 0. The van der Waals surface area contributed by atoms with Gasteiger partial charge in [-0.3, -0.25) is 0 Å². The van der Waals surface area contributed by atoms with Crippen LogP contribution in [0.15, 0.2) is 78.9 Å². The monoisotopic (exact) mass is 387 g/mol. The Kier molecular flexibility index (Phi) is 5.20. The van der Waals surface area contributed by atoms with Crippen molar-refractivity contribution in [1.82, 2.24) is 4.57 Å². The van der Waals surface area contributed by atoms with Crippen molar-refractivity contribution in [3.05, 3.63) is 84.4 Å². The molecule has 146 valence electrons. The summed E-state index contributed by atoms with van der Waals surface area (Å²) in [5.41, 5.74) is 4.35. The average Bonchev–Trinajstić information content (AvgIpc) is 3.10. The maximum absolute atomic E-state index is 10.8. The SMILES string of the molecule is COc1ccc2c(c1)cc(-c1ccccc1)n2Cc1cccc(OCC(=O)O)c1. The molecule has 5 nitrogen and oxygen atoms in total. The summed E-state index contributed by atoms with van der Waals surface area (Å²) in [6.07, 6.45) is 0. The van der Waals surface area contributed by atoms with Gasteiger partial charge in [-0.25, -0.2) is 4.79 Å². The number of carboxylic acids is 1. The molecule has 0 aliphatic heterocycles. The molecule has 0 fully saturated rings. The number of aliphatic carboxylic acids is 1. The zero-order valence-electron chi connectivity index (χ0n) is 16.0. The van der Waals surface area contributed by atoms with Gasteiger partial charge in [0.15, 0.2) is 6.61 Å². The van der Waals surface area contributed by atoms with Crippen LogP contribution in [0.25, 0.3) is 22.2 Å². The minimum absolute atomic E-state index is 0.356. The normalized spacial score (nSPS) is 10.8. The number of methoxy groups -OCH3 is 1. The molecule has 0 saturated heterocycles. The van der Waals surface area contributed by atoms with E-state index in [2.05, 4.69) is 28.8 Å². The van der Waals surface area contributed by atoms with Crippen LogP contribution in [-0.4, -0.2) is 29.4 Å². The van der Waals surface area contributed by atoms with E-state index in [-0.39, 0.29) is 6.61 Å². The maximum atomic E-state index is 10.8. The first kappa shape index (κ1) is 18.6. The predicted octanol–water partition coefficient (Wildman–Crippen LogP) is 4.83. The van der Waals surface area contributed by atoms with Crippen molar-refractivity contribution in [3.63, 3.8) is 0 Å². The van der Waals surface area contributed by atoms with Gasteiger partial charge in [0, 0.05) is 23.1 Å². The molecule has 0 radical (unpaired) electrons. The molecule has 0 unspecified atom stereocenters. The van der Waals surface area contributed by atoms with E-state index in [1.165, 1.54) is 0 Å². The summed E-state index contributed by atoms with van der Waals surface area (Å²) in [4.78, 5) is 10.8. The predicted molar refractivity (Wildman–Crippen MR) is 113 cm³/mol. The van der Waals surface area contributed by atoms with Gasteiger partial charge in [0.1, 0.15) is 11.5 Å². The second kappa shape index (κ2) is 8.10. The van der Waals surface area contributed by atoms with Crippen molar-refractivity contribution < 1.29 is 19.4 Å². The first-order chi connectivity index (χ1) is 14.1. The Morgan fingerprint density at radius 2 is 1.76 bits per heavy atom. The quantitative estimate of drug-likeness (QED) is 0.493. The fraction of sp³-hybridized carbons (Fsp3) is 0.125. The van der Waals surface area contributed by atoms with Gasteiger partial charge in [-0.2, -0.15) is 0 Å². The number of ether oxygens (including phenoxy) is 2. The number of rotatable bonds is 7. The number of benzene rings is 3. The van der Waals surface area contributed by atoms with Crippen LogP contribution in [0.3, 0.4) is 0 Å². The van der Waals surface area contributed by atoms with Gasteiger partial charge in [-0.05, 0) is 47.5 Å². The van der Waals surface area contributed by atoms with Crippen LogP contribution in [0.4, 0.5) is 0 Å². The van der Waals surface area contributed by atoms with Crippen LogP contribution >= 0.6 is 0 Å². The van der Waals surface area contributed by atoms with E-state index in [0.717, 1.165) is 33.5 Å². The van der Waals surface area contributed by atoms with Crippen molar-refractivity contribution in [1.29, 1.82) is 0 Å². The highest BCUT2D eigenvalue weighted by molar-refractivity contribution is 5.88. The van der Waals surface area contributed by atoms with Gasteiger partial charge < -0.3 is 19.1 Å². The van der Waals surface area contributed by atoms with E-state index in [1.807, 2.05) is 48.5 Å². The second-order valence-electron chi connectivity index (χ2n) is 6.74. The third-order valence-corrected chi connectivity index (χ3v) is 4.78. The largest absolute Gasteiger partial charge is 0.497 e. The molecule has 4 rings (SSSR count). The molecule has 0 atom stereocenters. The Bertz CT molecular complexity index is 1150. The van der Waals surface area contributed by atoms with Gasteiger partial charge in [-0.15, -0.1) is 0 Å². The van der Waals surface area contributed by atoms with Gasteiger partial charge in [0.05, 0.1) is 7.11 Å². The van der Waals surface area contributed by atoms with Gasteiger partial charge in [-0.1, -0.05) is 42.5 Å². The van der Waals surface area contributed by atoms with Crippen molar-refractivity contribution in [2.45, 2.75) is 6.54 Å². The number of hydrogen-bond acceptors (Lipinski definition) is 3. The van der Waals surface area contributed by atoms with Crippen molar-refractivity contribution in [2.24, 2.45) is 0 Å². The topological polar surface area (TPSA) is 60.7 Å². The number of hydrogen-bond donors (Lipinski definition) is 1. The van der Waals surface area contributed by atoms with Gasteiger partial charge >= 0.3 is 5.97 Å². The summed E-state index contributed by atoms with van der Waals surface area (Å²) in [5, 5.41) is 9.93. The average molecular weight is 387 g/mol. The van der Waals surface area contributed by atoms with E-state index in [0.29, 0.717) is 12.3 Å². The molecule has 0 saturated carbocycles. The summed E-state index contributed by atoms with van der Waals surface area (Å²) in [5.74, 6) is 0.370. The standard InChI is InChI=1S/C24H21NO4/c1-28-20-10-11-22-19(13-20)14-23(18-7-3-2-4-8-18)25(22)15-17-6-5-9-21(12-17)29-16-24(26)27/h2-14H,15-16H2,1H3,(H,26,27). The van der Waals surface area contributed by atoms with Gasteiger partial charge in [0.2, 0.25) is 0 Å². The van der Waals surface area contributed by atoms with Crippen LogP contribution < -0.4 is 9.47 Å². The van der Waals surface area contributed by atoms with E-state index in [9.17, 15) is 4.79 Å². The summed E-state index contributed by atoms with van der Waals surface area (Å²) in [6, 6.07) is 26.0. The van der Waals surface area contributed by atoms with Crippen LogP contribution in [-0.2, 0) is 11.3 Å². The molecule has 3 aromatic carbocycles. The van der Waals surface area contributed by atoms with E-state index >= 15 is 0 Å². The molecule has 5 heteroatoms. The fourth-order valence-electron chi connectivity index (χ4n) is 3.46. The van der Waals surface area contributed by atoms with Crippen molar-refractivity contribution in [3.8, 4) is 22.8 Å². The van der Waals surface area contributed by atoms with Crippen molar-refractivity contribution >= 4 is 16.9 Å². The zero-order chi connectivity index (χ0) is 20.2. The highest BCUT2D eigenvalue weighted by Gasteiger charge is 2.12. The maximum Gasteiger partial charge on any atom is 0.341 e. The molecular weight excluding hydrogens is 366 g/mol. The molecule has 0 amide bonds. The Hall–Kier alpha value is -3.73. The molecule has 1 N–H and O–H groups in total. The molecule has 0 aliphatic rings. The second-order valence-corrected chi connectivity index (χ2v) is 6.74. The Balaban J connectivity index is 1.76. The first-order valence-corrected chi connectivity index (χ1v) is 9.30. The Morgan fingerprint density at radius 3 is 2.52 bits per heavy atom. The number of carboxylic acid groups (broad SMARTS) is 1. The number of aromatic nitrogens is 1. The molecule has 4 aromatic rings. The van der Waals surface area contributed by atoms with Crippen LogP contribution in [0.5, 0.6) is 11.5 Å². The minimum Gasteiger partial charge on any atom is -0.497 e. The number of fused-ring (bicyclic) bond motifs is 1. The Morgan fingerprint density at radius 1 is 0.931 bits per heavy atom. The van der Waals surface area contributed by atoms with E-state index in [4.69, 9.17) is 14.6 Å². The molecule has 0 spiro atoms. The lowest BCUT2D eigenvalue weighted by Gasteiger charge is -2.13. The smallest absolute Gasteiger partial charge is 0.341 e. The molecule has 0 aliphatic carbocycles. The molecule has 1 heterocycles. The van der Waals surface area contributed by atoms with E-state index in [1.54, 1.807) is 13.2 Å². The Labute approximate surface area is 168 Å². The van der Waals surface area contributed by atoms with Crippen LogP contribution in [0.1, 0.15) is 5.56 Å². The zero-order valence-corrected chi connectivity index (χ0v) is 16.0. The molecule has 1 aromatic heterocycles. The summed E-state index contributed by atoms with van der Waals surface area (Å²) in [7, 11) is 1.67. The highest BCUT2D eigenvalue weighted by Crippen LogP contribution is 2.31. The lowest BCUT2D eigenvalue weighted by atomic mass is 10.1. The minimum atomic E-state index is -0.993. The van der Waals surface area contributed by atoms with Crippen LogP contribution in [0, 0.1) is 0 Å². The summed E-state index contributed by atoms with van der Waals surface area (Å²) in [6.45, 7) is 0.273.